The molecule has 2 aromatic carbocycles. The predicted molar refractivity (Wildman–Crippen MR) is 141 cm³/mol. The number of carbonyl (C=O) groups is 1. The van der Waals surface area contributed by atoms with Crippen LogP contribution < -0.4 is 0 Å². The summed E-state index contributed by atoms with van der Waals surface area (Å²) in [6, 6.07) is 10.1. The minimum absolute atomic E-state index is 0.120. The van der Waals surface area contributed by atoms with Crippen LogP contribution in [0.25, 0.3) is 0 Å². The fourth-order valence-corrected chi connectivity index (χ4v) is 6.21. The lowest BCUT2D eigenvalue weighted by Crippen LogP contribution is -2.53. The van der Waals surface area contributed by atoms with Crippen molar-refractivity contribution < 1.29 is 26.4 Å². The molecule has 2 fully saturated rings. The van der Waals surface area contributed by atoms with Crippen molar-refractivity contribution in [1.29, 1.82) is 0 Å². The van der Waals surface area contributed by atoms with Crippen LogP contribution in [0.3, 0.4) is 0 Å². The number of nitrogens with zero attached hydrogens (tertiary/aromatic N) is 4. The van der Waals surface area contributed by atoms with E-state index in [2.05, 4.69) is 0 Å². The summed E-state index contributed by atoms with van der Waals surface area (Å²) in [6.07, 6.45) is -3.24. The molecule has 208 valence electrons. The number of amides is 2. The number of urea groups is 1. The third-order valence-electron chi connectivity index (χ3n) is 7.19. The normalized spacial score (nSPS) is 21.4. The first-order chi connectivity index (χ1) is 17.7. The van der Waals surface area contributed by atoms with Crippen molar-refractivity contribution in [3.8, 4) is 0 Å². The van der Waals surface area contributed by atoms with Gasteiger partial charge in [-0.25, -0.2) is 13.2 Å². The summed E-state index contributed by atoms with van der Waals surface area (Å²) in [5, 5.41) is 0.815. The summed E-state index contributed by atoms with van der Waals surface area (Å²) in [7, 11) is -1.44. The molecule has 0 aliphatic carbocycles. The zero-order chi connectivity index (χ0) is 27.8. The SMILES string of the molecule is CN(Cc1ccc(C(F)(F)F)cc1)[C@@H]1CN(C(=O)N2CCN(S(C)(=O)=O)CC2)C[C@@H]1c1ccc(Cl)c(Cl)c1. The molecule has 2 atom stereocenters. The van der Waals surface area contributed by atoms with E-state index in [0.29, 0.717) is 42.8 Å². The van der Waals surface area contributed by atoms with Crippen LogP contribution in [-0.2, 0) is 22.7 Å². The maximum Gasteiger partial charge on any atom is 0.416 e. The Hall–Kier alpha value is -2.05. The number of likely N-dealkylation sites (N-methyl/N-ethyl adjacent to an activating group) is 1. The molecular weight excluding hydrogens is 564 g/mol. The van der Waals surface area contributed by atoms with Gasteiger partial charge in [-0.1, -0.05) is 41.4 Å². The summed E-state index contributed by atoms with van der Waals surface area (Å²) in [5.41, 5.74) is 0.919. The third kappa shape index (κ3) is 6.56. The predicted octanol–water partition coefficient (Wildman–Crippen LogP) is 4.61. The number of alkyl halides is 3. The lowest BCUT2D eigenvalue weighted by atomic mass is 9.93. The fourth-order valence-electron chi connectivity index (χ4n) is 5.08. The number of halogens is 5. The van der Waals surface area contributed by atoms with Crippen molar-refractivity contribution in [2.75, 3.05) is 52.6 Å². The third-order valence-corrected chi connectivity index (χ3v) is 9.23. The lowest BCUT2D eigenvalue weighted by Gasteiger charge is -2.35. The van der Waals surface area contributed by atoms with E-state index in [1.807, 2.05) is 18.0 Å². The first kappa shape index (κ1) is 28.9. The Morgan fingerprint density at radius 3 is 2.16 bits per heavy atom. The van der Waals surface area contributed by atoms with Gasteiger partial charge < -0.3 is 9.80 Å². The van der Waals surface area contributed by atoms with Gasteiger partial charge in [0.15, 0.2) is 0 Å². The first-order valence-electron chi connectivity index (χ1n) is 12.0. The molecule has 38 heavy (non-hydrogen) atoms. The second-order valence-corrected chi connectivity index (χ2v) is 12.6. The van der Waals surface area contributed by atoms with Crippen molar-refractivity contribution in [3.63, 3.8) is 0 Å². The molecule has 7 nitrogen and oxygen atoms in total. The van der Waals surface area contributed by atoms with E-state index in [1.54, 1.807) is 21.9 Å². The van der Waals surface area contributed by atoms with Crippen molar-refractivity contribution in [3.05, 3.63) is 69.2 Å². The highest BCUT2D eigenvalue weighted by Gasteiger charge is 2.41. The van der Waals surface area contributed by atoms with Crippen LogP contribution in [0.1, 0.15) is 22.6 Å². The molecule has 0 N–H and O–H groups in total. The Morgan fingerprint density at radius 2 is 1.61 bits per heavy atom. The molecule has 0 radical (unpaired) electrons. The van der Waals surface area contributed by atoms with E-state index in [0.717, 1.165) is 29.5 Å². The number of hydrogen-bond donors (Lipinski definition) is 0. The average Bonchev–Trinajstić information content (AvgIpc) is 3.30. The van der Waals surface area contributed by atoms with Gasteiger partial charge >= 0.3 is 12.2 Å². The van der Waals surface area contributed by atoms with Crippen LogP contribution in [0.15, 0.2) is 42.5 Å². The van der Waals surface area contributed by atoms with E-state index in [4.69, 9.17) is 23.2 Å². The molecule has 4 rings (SSSR count). The van der Waals surface area contributed by atoms with Crippen molar-refractivity contribution in [2.45, 2.75) is 24.7 Å². The quantitative estimate of drug-likeness (QED) is 0.509. The molecule has 2 aliphatic rings. The summed E-state index contributed by atoms with van der Waals surface area (Å²) in [6.45, 7) is 2.27. The van der Waals surface area contributed by atoms with Crippen molar-refractivity contribution in [2.24, 2.45) is 0 Å². The van der Waals surface area contributed by atoms with Gasteiger partial charge in [-0.05, 0) is 42.4 Å². The minimum Gasteiger partial charge on any atom is -0.322 e. The largest absolute Gasteiger partial charge is 0.416 e. The summed E-state index contributed by atoms with van der Waals surface area (Å²) in [4.78, 5) is 18.9. The van der Waals surface area contributed by atoms with Crippen LogP contribution in [0.4, 0.5) is 18.0 Å². The number of rotatable bonds is 5. The highest BCUT2D eigenvalue weighted by Crippen LogP contribution is 2.35. The molecule has 2 amide bonds. The molecule has 2 aromatic rings. The van der Waals surface area contributed by atoms with E-state index in [9.17, 15) is 26.4 Å². The van der Waals surface area contributed by atoms with Crippen molar-refractivity contribution >= 4 is 39.3 Å². The van der Waals surface area contributed by atoms with Gasteiger partial charge in [-0.15, -0.1) is 0 Å². The maximum absolute atomic E-state index is 13.4. The second kappa shape index (κ2) is 11.2. The highest BCUT2D eigenvalue weighted by atomic mass is 35.5. The molecule has 2 aliphatic heterocycles. The Bertz CT molecular complexity index is 1270. The van der Waals surface area contributed by atoms with E-state index in [-0.39, 0.29) is 31.1 Å². The zero-order valence-corrected chi connectivity index (χ0v) is 23.3. The molecule has 0 bridgehead atoms. The van der Waals surface area contributed by atoms with E-state index < -0.39 is 21.8 Å². The Kier molecular flexibility index (Phi) is 8.54. The van der Waals surface area contributed by atoms with Gasteiger partial charge in [-0.3, -0.25) is 4.90 Å². The van der Waals surface area contributed by atoms with E-state index in [1.165, 1.54) is 16.4 Å². The Morgan fingerprint density at radius 1 is 0.974 bits per heavy atom. The number of benzene rings is 2. The summed E-state index contributed by atoms with van der Waals surface area (Å²) in [5.74, 6) is -0.120. The summed E-state index contributed by atoms with van der Waals surface area (Å²) < 4.78 is 64.0. The number of hydrogen-bond acceptors (Lipinski definition) is 4. The molecule has 0 spiro atoms. The van der Waals surface area contributed by atoms with Crippen LogP contribution in [0.5, 0.6) is 0 Å². The van der Waals surface area contributed by atoms with Crippen LogP contribution in [0.2, 0.25) is 10.0 Å². The average molecular weight is 593 g/mol. The van der Waals surface area contributed by atoms with Crippen molar-refractivity contribution in [1.82, 2.24) is 19.0 Å². The standard InChI is InChI=1S/C25H29Cl2F3N4O3S/c1-31(14-17-3-6-19(7-4-17)25(28,29)30)23-16-33(15-20(23)18-5-8-21(26)22(27)13-18)24(35)32-9-11-34(12-10-32)38(2,36)37/h3-8,13,20,23H,9-12,14-16H2,1-2H3/t20-,23-/m1/s1. The van der Waals surface area contributed by atoms with Gasteiger partial charge in [-0.2, -0.15) is 17.5 Å². The van der Waals surface area contributed by atoms with Crippen LogP contribution >= 0.6 is 23.2 Å². The summed E-state index contributed by atoms with van der Waals surface area (Å²) >= 11 is 12.4. The smallest absolute Gasteiger partial charge is 0.322 e. The van der Waals surface area contributed by atoms with Crippen LogP contribution in [-0.4, -0.2) is 92.1 Å². The number of sulfonamides is 1. The molecular formula is C25H29Cl2F3N4O3S. The minimum atomic E-state index is -4.40. The zero-order valence-electron chi connectivity index (χ0n) is 21.0. The molecule has 2 saturated heterocycles. The Labute approximate surface area is 230 Å². The van der Waals surface area contributed by atoms with Crippen LogP contribution in [0, 0.1) is 0 Å². The molecule has 0 saturated carbocycles. The molecule has 13 heteroatoms. The number of carbonyl (C=O) groups excluding carboxylic acids is 1. The van der Waals surface area contributed by atoms with Gasteiger partial charge in [0.1, 0.15) is 0 Å². The molecule has 0 unspecified atom stereocenters. The lowest BCUT2D eigenvalue weighted by molar-refractivity contribution is -0.137. The monoisotopic (exact) mass is 592 g/mol. The van der Waals surface area contributed by atoms with Gasteiger partial charge in [0.2, 0.25) is 10.0 Å². The van der Waals surface area contributed by atoms with Gasteiger partial charge in [0, 0.05) is 57.8 Å². The molecule has 0 aromatic heterocycles. The topological polar surface area (TPSA) is 64.2 Å². The highest BCUT2D eigenvalue weighted by molar-refractivity contribution is 7.88. The Balaban J connectivity index is 1.52. The number of likely N-dealkylation sites (tertiary alicyclic amines) is 1. The van der Waals surface area contributed by atoms with E-state index >= 15 is 0 Å². The van der Waals surface area contributed by atoms with Gasteiger partial charge in [0.05, 0.1) is 21.9 Å². The first-order valence-corrected chi connectivity index (χ1v) is 14.6. The maximum atomic E-state index is 13.4. The number of piperazine rings is 1. The van der Waals surface area contributed by atoms with Gasteiger partial charge in [0.25, 0.3) is 0 Å². The second-order valence-electron chi connectivity index (χ2n) is 9.79. The fraction of sp³-hybridized carbons (Fsp3) is 0.480. The molecule has 2 heterocycles.